The predicted octanol–water partition coefficient (Wildman–Crippen LogP) is 1.34. The van der Waals surface area contributed by atoms with Crippen LogP contribution in [0.2, 0.25) is 0 Å². The van der Waals surface area contributed by atoms with Crippen LogP contribution in [-0.4, -0.2) is 26.7 Å². The lowest BCUT2D eigenvalue weighted by molar-refractivity contribution is 0.251. The SMILES string of the molecule is Cc1cccc(OCc2c(C#N)nnn2CCO)c1C. The molecule has 0 aliphatic heterocycles. The number of hydrogen-bond donors (Lipinski definition) is 1. The lowest BCUT2D eigenvalue weighted by atomic mass is 10.1. The summed E-state index contributed by atoms with van der Waals surface area (Å²) in [5, 5.41) is 25.6. The van der Waals surface area contributed by atoms with Crippen molar-refractivity contribution in [3.05, 3.63) is 40.7 Å². The van der Waals surface area contributed by atoms with Gasteiger partial charge in [0.1, 0.15) is 24.1 Å². The number of nitriles is 1. The summed E-state index contributed by atoms with van der Waals surface area (Å²) >= 11 is 0. The Kier molecular flexibility index (Phi) is 4.33. The van der Waals surface area contributed by atoms with Crippen molar-refractivity contribution >= 4 is 0 Å². The molecule has 0 bridgehead atoms. The van der Waals surface area contributed by atoms with Gasteiger partial charge in [-0.1, -0.05) is 17.3 Å². The van der Waals surface area contributed by atoms with Crippen molar-refractivity contribution in [2.45, 2.75) is 27.0 Å². The minimum Gasteiger partial charge on any atom is -0.487 e. The molecule has 0 unspecified atom stereocenters. The second kappa shape index (κ2) is 6.17. The van der Waals surface area contributed by atoms with E-state index in [1.165, 1.54) is 4.68 Å². The molecule has 1 aromatic heterocycles. The monoisotopic (exact) mass is 272 g/mol. The van der Waals surface area contributed by atoms with E-state index in [0.717, 1.165) is 16.9 Å². The van der Waals surface area contributed by atoms with Gasteiger partial charge in [-0.15, -0.1) is 5.10 Å². The highest BCUT2D eigenvalue weighted by atomic mass is 16.5. The molecule has 0 aliphatic rings. The number of rotatable bonds is 5. The van der Waals surface area contributed by atoms with Gasteiger partial charge >= 0.3 is 0 Å². The van der Waals surface area contributed by atoms with Gasteiger partial charge in [0.15, 0.2) is 5.69 Å². The summed E-state index contributed by atoms with van der Waals surface area (Å²) in [7, 11) is 0. The van der Waals surface area contributed by atoms with Gasteiger partial charge in [0.25, 0.3) is 0 Å². The topological polar surface area (TPSA) is 84.0 Å². The number of hydrogen-bond acceptors (Lipinski definition) is 5. The van der Waals surface area contributed by atoms with Crippen molar-refractivity contribution in [2.75, 3.05) is 6.61 Å². The van der Waals surface area contributed by atoms with Crippen molar-refractivity contribution in [1.29, 1.82) is 5.26 Å². The van der Waals surface area contributed by atoms with Crippen LogP contribution in [-0.2, 0) is 13.2 Å². The second-order valence-electron chi connectivity index (χ2n) is 4.43. The largest absolute Gasteiger partial charge is 0.487 e. The van der Waals surface area contributed by atoms with Crippen LogP contribution < -0.4 is 4.74 Å². The van der Waals surface area contributed by atoms with Crippen LogP contribution in [0, 0.1) is 25.2 Å². The summed E-state index contributed by atoms with van der Waals surface area (Å²) in [6.45, 7) is 4.42. The maximum Gasteiger partial charge on any atom is 0.189 e. The summed E-state index contributed by atoms with van der Waals surface area (Å²) in [5.41, 5.74) is 3.00. The highest BCUT2D eigenvalue weighted by Gasteiger charge is 2.13. The molecule has 1 N–H and O–H groups in total. The van der Waals surface area contributed by atoms with Crippen LogP contribution in [0.1, 0.15) is 22.5 Å². The first-order valence-electron chi connectivity index (χ1n) is 6.29. The number of aliphatic hydroxyl groups is 1. The standard InChI is InChI=1S/C14H16N4O2/c1-10-4-3-5-14(11(10)2)20-9-13-12(8-15)16-17-18(13)6-7-19/h3-5,19H,6-7,9H2,1-2H3. The van der Waals surface area contributed by atoms with Crippen LogP contribution >= 0.6 is 0 Å². The third-order valence-electron chi connectivity index (χ3n) is 3.17. The molecular formula is C14H16N4O2. The number of aromatic nitrogens is 3. The summed E-state index contributed by atoms with van der Waals surface area (Å²) in [6.07, 6.45) is 0. The zero-order chi connectivity index (χ0) is 14.5. The van der Waals surface area contributed by atoms with Crippen molar-refractivity contribution in [3.8, 4) is 11.8 Å². The van der Waals surface area contributed by atoms with Crippen LogP contribution in [0.4, 0.5) is 0 Å². The average Bonchev–Trinajstić information content (AvgIpc) is 2.83. The molecule has 104 valence electrons. The fourth-order valence-electron chi connectivity index (χ4n) is 1.86. The molecule has 20 heavy (non-hydrogen) atoms. The smallest absolute Gasteiger partial charge is 0.189 e. The van der Waals surface area contributed by atoms with E-state index >= 15 is 0 Å². The van der Waals surface area contributed by atoms with E-state index in [1.54, 1.807) is 0 Å². The third kappa shape index (κ3) is 2.78. The van der Waals surface area contributed by atoms with E-state index in [-0.39, 0.29) is 18.9 Å². The summed E-state index contributed by atoms with van der Waals surface area (Å²) < 4.78 is 7.25. The Balaban J connectivity index is 2.20. The Bertz CT molecular complexity index is 643. The number of benzene rings is 1. The Hall–Kier alpha value is -2.39. The quantitative estimate of drug-likeness (QED) is 0.887. The number of aliphatic hydroxyl groups excluding tert-OH is 1. The number of aryl methyl sites for hydroxylation is 1. The van der Waals surface area contributed by atoms with E-state index in [2.05, 4.69) is 10.3 Å². The van der Waals surface area contributed by atoms with Gasteiger partial charge in [-0.2, -0.15) is 5.26 Å². The van der Waals surface area contributed by atoms with Crippen LogP contribution in [0.5, 0.6) is 5.75 Å². The van der Waals surface area contributed by atoms with E-state index in [1.807, 2.05) is 38.1 Å². The molecule has 2 aromatic rings. The molecule has 0 aliphatic carbocycles. The molecule has 0 atom stereocenters. The van der Waals surface area contributed by atoms with Crippen LogP contribution in [0.25, 0.3) is 0 Å². The highest BCUT2D eigenvalue weighted by molar-refractivity contribution is 5.38. The zero-order valence-corrected chi connectivity index (χ0v) is 11.5. The summed E-state index contributed by atoms with van der Waals surface area (Å²) in [4.78, 5) is 0. The van der Waals surface area contributed by atoms with Crippen molar-refractivity contribution < 1.29 is 9.84 Å². The summed E-state index contributed by atoms with van der Waals surface area (Å²) in [5.74, 6) is 0.769. The molecule has 1 heterocycles. The van der Waals surface area contributed by atoms with Gasteiger partial charge in [0.2, 0.25) is 0 Å². The normalized spacial score (nSPS) is 10.3. The second-order valence-corrected chi connectivity index (χ2v) is 4.43. The molecule has 0 saturated heterocycles. The van der Waals surface area contributed by atoms with E-state index in [4.69, 9.17) is 15.1 Å². The van der Waals surface area contributed by atoms with Gasteiger partial charge < -0.3 is 9.84 Å². The first-order chi connectivity index (χ1) is 9.67. The van der Waals surface area contributed by atoms with Crippen molar-refractivity contribution in [1.82, 2.24) is 15.0 Å². The van der Waals surface area contributed by atoms with Gasteiger partial charge in [-0.3, -0.25) is 0 Å². The molecular weight excluding hydrogens is 256 g/mol. The first kappa shape index (κ1) is 14.0. The molecule has 0 fully saturated rings. The van der Waals surface area contributed by atoms with Crippen molar-refractivity contribution in [2.24, 2.45) is 0 Å². The van der Waals surface area contributed by atoms with Crippen LogP contribution in [0.15, 0.2) is 18.2 Å². The molecule has 6 heteroatoms. The third-order valence-corrected chi connectivity index (χ3v) is 3.17. The molecule has 6 nitrogen and oxygen atoms in total. The molecule has 0 amide bonds. The fraction of sp³-hybridized carbons (Fsp3) is 0.357. The fourth-order valence-corrected chi connectivity index (χ4v) is 1.86. The summed E-state index contributed by atoms with van der Waals surface area (Å²) in [6, 6.07) is 7.80. The Morgan fingerprint density at radius 1 is 1.40 bits per heavy atom. The molecule has 0 radical (unpaired) electrons. The maximum absolute atomic E-state index is 9.01. The van der Waals surface area contributed by atoms with Gasteiger partial charge in [-0.25, -0.2) is 4.68 Å². The molecule has 2 rings (SSSR count). The van der Waals surface area contributed by atoms with E-state index in [0.29, 0.717) is 12.2 Å². The molecule has 1 aromatic carbocycles. The van der Waals surface area contributed by atoms with Gasteiger partial charge in [0, 0.05) is 0 Å². The molecule has 0 saturated carbocycles. The lowest BCUT2D eigenvalue weighted by Gasteiger charge is -2.11. The Morgan fingerprint density at radius 3 is 2.90 bits per heavy atom. The van der Waals surface area contributed by atoms with Gasteiger partial charge in [-0.05, 0) is 31.0 Å². The average molecular weight is 272 g/mol. The lowest BCUT2D eigenvalue weighted by Crippen LogP contribution is -2.11. The Morgan fingerprint density at radius 2 is 2.20 bits per heavy atom. The van der Waals surface area contributed by atoms with E-state index < -0.39 is 0 Å². The highest BCUT2D eigenvalue weighted by Crippen LogP contribution is 2.22. The number of nitrogens with zero attached hydrogens (tertiary/aromatic N) is 4. The Labute approximate surface area is 117 Å². The minimum absolute atomic E-state index is 0.0648. The first-order valence-corrected chi connectivity index (χ1v) is 6.29. The van der Waals surface area contributed by atoms with Crippen molar-refractivity contribution in [3.63, 3.8) is 0 Å². The van der Waals surface area contributed by atoms with Crippen LogP contribution in [0.3, 0.4) is 0 Å². The molecule has 0 spiro atoms. The minimum atomic E-state index is -0.0648. The number of ether oxygens (including phenoxy) is 1. The van der Waals surface area contributed by atoms with Gasteiger partial charge in [0.05, 0.1) is 13.2 Å². The zero-order valence-electron chi connectivity index (χ0n) is 11.5. The maximum atomic E-state index is 9.01. The van der Waals surface area contributed by atoms with E-state index in [9.17, 15) is 0 Å². The predicted molar refractivity (Wildman–Crippen MR) is 72.1 cm³/mol.